The Morgan fingerprint density at radius 3 is 2.61 bits per heavy atom. The molecule has 1 aromatic carbocycles. The number of alkyl halides is 3. The van der Waals surface area contributed by atoms with Crippen LogP contribution in [0.2, 0.25) is 0 Å². The lowest BCUT2D eigenvalue weighted by molar-refractivity contribution is -0.141. The molecule has 5 rings (SSSR count). The second-order valence-corrected chi connectivity index (χ2v) is 7.81. The minimum absolute atomic E-state index is 0.0434. The summed E-state index contributed by atoms with van der Waals surface area (Å²) in [5, 5.41) is 5.14. The lowest BCUT2D eigenvalue weighted by atomic mass is 9.97. The largest absolute Gasteiger partial charge is 0.433 e. The zero-order valence-corrected chi connectivity index (χ0v) is 15.4. The van der Waals surface area contributed by atoms with Gasteiger partial charge in [-0.05, 0) is 25.0 Å². The molecule has 28 heavy (non-hydrogen) atoms. The number of thiazole rings is 1. The SMILES string of the molecule is FC(F)(F)c1cc(N2CCC(c3nc4ccccc4s3)CC2)n2ncnc2n1. The van der Waals surface area contributed by atoms with Crippen molar-refractivity contribution in [3.63, 3.8) is 0 Å². The number of para-hydroxylation sites is 1. The molecule has 10 heteroatoms. The summed E-state index contributed by atoms with van der Waals surface area (Å²) in [5.41, 5.74) is 0.0505. The number of piperidine rings is 1. The summed E-state index contributed by atoms with van der Waals surface area (Å²) >= 11 is 1.69. The Morgan fingerprint density at radius 2 is 1.86 bits per heavy atom. The molecule has 0 amide bonds. The van der Waals surface area contributed by atoms with Crippen molar-refractivity contribution in [3.05, 3.63) is 47.4 Å². The zero-order chi connectivity index (χ0) is 19.3. The highest BCUT2D eigenvalue weighted by Gasteiger charge is 2.35. The Balaban J connectivity index is 1.41. The lowest BCUT2D eigenvalue weighted by Crippen LogP contribution is -2.34. The van der Waals surface area contributed by atoms with Gasteiger partial charge in [0.25, 0.3) is 5.78 Å². The van der Waals surface area contributed by atoms with Crippen molar-refractivity contribution in [2.45, 2.75) is 24.9 Å². The highest BCUT2D eigenvalue weighted by atomic mass is 32.1. The Kier molecular flexibility index (Phi) is 3.97. The van der Waals surface area contributed by atoms with Crippen molar-refractivity contribution in [3.8, 4) is 0 Å². The van der Waals surface area contributed by atoms with Gasteiger partial charge in [0, 0.05) is 25.1 Å². The average Bonchev–Trinajstić information content (AvgIpc) is 3.33. The molecule has 1 aliphatic heterocycles. The molecule has 0 spiro atoms. The Morgan fingerprint density at radius 1 is 1.07 bits per heavy atom. The molecule has 1 aliphatic rings. The van der Waals surface area contributed by atoms with E-state index < -0.39 is 11.9 Å². The molecular formula is C18H15F3N6S. The Bertz CT molecular complexity index is 1110. The average molecular weight is 404 g/mol. The smallest absolute Gasteiger partial charge is 0.356 e. The van der Waals surface area contributed by atoms with Crippen LogP contribution in [0.15, 0.2) is 36.7 Å². The van der Waals surface area contributed by atoms with Crippen LogP contribution in [0.25, 0.3) is 16.0 Å². The van der Waals surface area contributed by atoms with Gasteiger partial charge in [0.1, 0.15) is 12.1 Å². The first-order valence-electron chi connectivity index (χ1n) is 8.87. The maximum Gasteiger partial charge on any atom is 0.433 e. The number of nitrogens with zero attached hydrogens (tertiary/aromatic N) is 6. The fourth-order valence-electron chi connectivity index (χ4n) is 3.59. The summed E-state index contributed by atoms with van der Waals surface area (Å²) in [6.45, 7) is 1.24. The molecule has 0 radical (unpaired) electrons. The highest BCUT2D eigenvalue weighted by Crippen LogP contribution is 2.36. The summed E-state index contributed by atoms with van der Waals surface area (Å²) in [4.78, 5) is 14.1. The lowest BCUT2D eigenvalue weighted by Gasteiger charge is -2.32. The number of aromatic nitrogens is 5. The monoisotopic (exact) mass is 404 g/mol. The molecule has 3 aromatic heterocycles. The van der Waals surface area contributed by atoms with Crippen LogP contribution in [-0.4, -0.2) is 37.7 Å². The minimum atomic E-state index is -4.53. The van der Waals surface area contributed by atoms with E-state index in [4.69, 9.17) is 4.98 Å². The van der Waals surface area contributed by atoms with Gasteiger partial charge in [-0.2, -0.15) is 27.8 Å². The third kappa shape index (κ3) is 2.97. The second kappa shape index (κ2) is 6.40. The predicted molar refractivity (Wildman–Crippen MR) is 99.6 cm³/mol. The van der Waals surface area contributed by atoms with Gasteiger partial charge >= 0.3 is 6.18 Å². The van der Waals surface area contributed by atoms with E-state index in [1.54, 1.807) is 11.3 Å². The van der Waals surface area contributed by atoms with Crippen molar-refractivity contribution >= 4 is 33.1 Å². The van der Waals surface area contributed by atoms with Crippen LogP contribution in [-0.2, 0) is 6.18 Å². The molecule has 0 aliphatic carbocycles. The molecule has 0 unspecified atom stereocenters. The standard InChI is InChI=1S/C18H15F3N6S/c19-18(20,21)14-9-15(27-17(25-14)22-10-23-27)26-7-5-11(6-8-26)16-24-12-3-1-2-4-13(12)28-16/h1-4,9-11H,5-8H2. The van der Waals surface area contributed by atoms with Gasteiger partial charge in [-0.1, -0.05) is 12.1 Å². The van der Waals surface area contributed by atoms with Gasteiger partial charge in [-0.25, -0.2) is 9.97 Å². The van der Waals surface area contributed by atoms with E-state index in [1.165, 1.54) is 10.8 Å². The van der Waals surface area contributed by atoms with E-state index in [0.717, 1.165) is 34.1 Å². The van der Waals surface area contributed by atoms with E-state index in [1.807, 2.05) is 23.1 Å². The van der Waals surface area contributed by atoms with E-state index in [2.05, 4.69) is 21.1 Å². The molecule has 144 valence electrons. The van der Waals surface area contributed by atoms with Gasteiger partial charge in [0.15, 0.2) is 5.69 Å². The number of hydrogen-bond donors (Lipinski definition) is 0. The van der Waals surface area contributed by atoms with Crippen LogP contribution in [0.5, 0.6) is 0 Å². The number of anilines is 1. The van der Waals surface area contributed by atoms with Gasteiger partial charge in [-0.3, -0.25) is 0 Å². The summed E-state index contributed by atoms with van der Waals surface area (Å²) in [6.07, 6.45) is -1.67. The van der Waals surface area contributed by atoms with E-state index in [9.17, 15) is 13.2 Å². The highest BCUT2D eigenvalue weighted by molar-refractivity contribution is 7.18. The molecule has 0 saturated carbocycles. The number of halogens is 3. The molecule has 4 heterocycles. The first kappa shape index (κ1) is 17.4. The third-order valence-corrected chi connectivity index (χ3v) is 6.20. The van der Waals surface area contributed by atoms with Crippen molar-refractivity contribution in [2.24, 2.45) is 0 Å². The van der Waals surface area contributed by atoms with Crippen LogP contribution in [0.3, 0.4) is 0 Å². The summed E-state index contributed by atoms with van der Waals surface area (Å²) in [6, 6.07) is 9.08. The quantitative estimate of drug-likeness (QED) is 0.503. The van der Waals surface area contributed by atoms with Crippen LogP contribution in [0.1, 0.15) is 29.5 Å². The molecule has 0 atom stereocenters. The van der Waals surface area contributed by atoms with Crippen LogP contribution < -0.4 is 4.90 Å². The van der Waals surface area contributed by atoms with Crippen LogP contribution >= 0.6 is 11.3 Å². The molecule has 4 aromatic rings. The number of fused-ring (bicyclic) bond motifs is 2. The number of benzene rings is 1. The minimum Gasteiger partial charge on any atom is -0.356 e. The first-order chi connectivity index (χ1) is 13.5. The predicted octanol–water partition coefficient (Wildman–Crippen LogP) is 4.14. The number of hydrogen-bond acceptors (Lipinski definition) is 6. The molecule has 1 fully saturated rings. The molecule has 0 bridgehead atoms. The Labute approximate surface area is 161 Å². The van der Waals surface area contributed by atoms with E-state index >= 15 is 0 Å². The Hall–Kier alpha value is -2.75. The van der Waals surface area contributed by atoms with Gasteiger partial charge in [0.2, 0.25) is 0 Å². The molecule has 0 N–H and O–H groups in total. The van der Waals surface area contributed by atoms with Gasteiger partial charge in [0.05, 0.1) is 15.2 Å². The second-order valence-electron chi connectivity index (χ2n) is 6.75. The molecule has 6 nitrogen and oxygen atoms in total. The fourth-order valence-corrected chi connectivity index (χ4v) is 4.72. The number of rotatable bonds is 2. The first-order valence-corrected chi connectivity index (χ1v) is 9.69. The maximum absolute atomic E-state index is 13.2. The summed E-state index contributed by atoms with van der Waals surface area (Å²) in [7, 11) is 0. The van der Waals surface area contributed by atoms with Crippen molar-refractivity contribution in [1.82, 2.24) is 24.6 Å². The molecular weight excluding hydrogens is 389 g/mol. The van der Waals surface area contributed by atoms with Crippen molar-refractivity contribution in [2.75, 3.05) is 18.0 Å². The molecule has 1 saturated heterocycles. The van der Waals surface area contributed by atoms with E-state index in [-0.39, 0.29) is 5.78 Å². The topological polar surface area (TPSA) is 59.2 Å². The van der Waals surface area contributed by atoms with Crippen LogP contribution in [0.4, 0.5) is 19.0 Å². The normalized spacial score (nSPS) is 16.3. The van der Waals surface area contributed by atoms with Crippen molar-refractivity contribution < 1.29 is 13.2 Å². The van der Waals surface area contributed by atoms with Crippen LogP contribution in [0, 0.1) is 0 Å². The third-order valence-electron chi connectivity index (χ3n) is 5.00. The van der Waals surface area contributed by atoms with Crippen molar-refractivity contribution in [1.29, 1.82) is 0 Å². The van der Waals surface area contributed by atoms with Gasteiger partial charge in [-0.15, -0.1) is 11.3 Å². The fraction of sp³-hybridized carbons (Fsp3) is 0.333. The summed E-state index contributed by atoms with van der Waals surface area (Å²) < 4.78 is 42.2. The van der Waals surface area contributed by atoms with Gasteiger partial charge < -0.3 is 4.90 Å². The van der Waals surface area contributed by atoms with E-state index in [0.29, 0.717) is 24.8 Å². The maximum atomic E-state index is 13.2. The zero-order valence-electron chi connectivity index (χ0n) is 14.6. The summed E-state index contributed by atoms with van der Waals surface area (Å²) in [5.74, 6) is 0.638.